The molecule has 0 radical (unpaired) electrons. The Morgan fingerprint density at radius 2 is 0.400 bits per heavy atom. The van der Waals surface area contributed by atoms with Gasteiger partial charge in [-0.25, -0.2) is 0 Å². The Morgan fingerprint density at radius 1 is 0.143 bits per heavy atom. The molecule has 0 amide bonds. The Balaban J connectivity index is 1.18. The lowest BCUT2D eigenvalue weighted by atomic mass is 9.83. The summed E-state index contributed by atoms with van der Waals surface area (Å²) in [6.07, 6.45) is 0. The van der Waals surface area contributed by atoms with Gasteiger partial charge in [0.05, 0.1) is 0 Å². The maximum atomic E-state index is 2.48. The molecular weight excluding hydrogens is 841 g/mol. The molecule has 0 aliphatic heterocycles. The topological polar surface area (TPSA) is 0 Å². The van der Waals surface area contributed by atoms with Crippen LogP contribution in [0.2, 0.25) is 0 Å². The van der Waals surface area contributed by atoms with Crippen molar-refractivity contribution in [3.05, 3.63) is 231 Å². The van der Waals surface area contributed by atoms with Crippen LogP contribution in [-0.2, 0) is 0 Å². The zero-order chi connectivity index (χ0) is 45.3. The number of hydrogen-bond donors (Lipinski definition) is 0. The smallest absolute Gasteiger partial charge is 0.000695 e. The van der Waals surface area contributed by atoms with Gasteiger partial charge >= 0.3 is 0 Å². The molecule has 0 saturated heterocycles. The van der Waals surface area contributed by atoms with Gasteiger partial charge in [-0.2, -0.15) is 0 Å². The summed E-state index contributed by atoms with van der Waals surface area (Å²) >= 11 is 0. The highest BCUT2D eigenvalue weighted by atomic mass is 14.3. The molecule has 17 aromatic carbocycles. The third-order valence-corrected chi connectivity index (χ3v) is 16.4. The molecule has 0 spiro atoms. The lowest BCUT2D eigenvalue weighted by Gasteiger charge is -2.19. The molecule has 0 heteroatoms. The summed E-state index contributed by atoms with van der Waals surface area (Å²) in [7, 11) is 0. The molecule has 17 aromatic rings. The van der Waals surface area contributed by atoms with Crippen LogP contribution in [-0.4, -0.2) is 0 Å². The van der Waals surface area contributed by atoms with Crippen molar-refractivity contribution in [3.63, 3.8) is 0 Å². The zero-order valence-electron chi connectivity index (χ0n) is 37.9. The van der Waals surface area contributed by atoms with Crippen LogP contribution < -0.4 is 0 Å². The molecule has 0 aliphatic rings. The molecule has 0 saturated carbocycles. The fourth-order valence-corrected chi connectivity index (χ4v) is 13.8. The zero-order valence-corrected chi connectivity index (χ0v) is 37.9. The second-order valence-electron chi connectivity index (χ2n) is 19.6. The van der Waals surface area contributed by atoms with Crippen molar-refractivity contribution in [3.8, 4) is 44.5 Å². The Hall–Kier alpha value is -9.10. The molecule has 0 nitrogen and oxygen atoms in total. The Kier molecular flexibility index (Phi) is 7.03. The molecule has 0 N–H and O–H groups in total. The van der Waals surface area contributed by atoms with E-state index in [0.717, 1.165) is 0 Å². The van der Waals surface area contributed by atoms with Crippen molar-refractivity contribution >= 4 is 129 Å². The van der Waals surface area contributed by atoms with Gasteiger partial charge in [0, 0.05) is 0 Å². The van der Waals surface area contributed by atoms with Gasteiger partial charge in [-0.05, 0) is 174 Å². The average Bonchev–Trinajstić information content (AvgIpc) is 3.95. The van der Waals surface area contributed by atoms with Crippen molar-refractivity contribution in [2.24, 2.45) is 0 Å². The van der Waals surface area contributed by atoms with Crippen LogP contribution in [0.4, 0.5) is 0 Å². The first-order chi connectivity index (χ1) is 34.8. The molecule has 17 rings (SSSR count). The minimum atomic E-state index is 1.22. The van der Waals surface area contributed by atoms with E-state index < -0.39 is 0 Å². The van der Waals surface area contributed by atoms with Gasteiger partial charge in [0.15, 0.2) is 0 Å². The van der Waals surface area contributed by atoms with Crippen LogP contribution in [0.1, 0.15) is 0 Å². The van der Waals surface area contributed by atoms with Crippen molar-refractivity contribution in [1.82, 2.24) is 0 Å². The van der Waals surface area contributed by atoms with Gasteiger partial charge in [0.25, 0.3) is 0 Å². The largest absolute Gasteiger partial charge is 0.0622 e. The van der Waals surface area contributed by atoms with E-state index in [1.807, 2.05) is 0 Å². The van der Waals surface area contributed by atoms with E-state index in [1.54, 1.807) is 0 Å². The number of rotatable bonds is 4. The molecule has 0 aliphatic carbocycles. The Labute approximate surface area is 402 Å². The quantitative estimate of drug-likeness (QED) is 0.122. The van der Waals surface area contributed by atoms with Gasteiger partial charge in [0.2, 0.25) is 0 Å². The summed E-state index contributed by atoms with van der Waals surface area (Å²) in [5.74, 6) is 0. The Bertz CT molecular complexity index is 4490. The van der Waals surface area contributed by atoms with Crippen molar-refractivity contribution < 1.29 is 0 Å². The van der Waals surface area contributed by atoms with Crippen LogP contribution >= 0.6 is 0 Å². The maximum Gasteiger partial charge on any atom is -0.000695 e. The lowest BCUT2D eigenvalue weighted by molar-refractivity contribution is 1.61. The highest BCUT2D eigenvalue weighted by Gasteiger charge is 2.31. The first-order valence-corrected chi connectivity index (χ1v) is 24.6. The van der Waals surface area contributed by atoms with E-state index in [2.05, 4.69) is 231 Å². The van der Waals surface area contributed by atoms with Crippen molar-refractivity contribution in [1.29, 1.82) is 0 Å². The van der Waals surface area contributed by atoms with E-state index in [1.165, 1.54) is 174 Å². The summed E-state index contributed by atoms with van der Waals surface area (Å²) in [6.45, 7) is 0. The third kappa shape index (κ3) is 4.52. The van der Waals surface area contributed by atoms with Gasteiger partial charge in [-0.15, -0.1) is 0 Å². The molecule has 0 heterocycles. The highest BCUT2D eigenvalue weighted by Crippen LogP contribution is 2.59. The van der Waals surface area contributed by atoms with E-state index in [4.69, 9.17) is 0 Å². The second kappa shape index (κ2) is 13.3. The number of hydrogen-bond acceptors (Lipinski definition) is 0. The minimum absolute atomic E-state index is 1.22. The monoisotopic (exact) mass is 878 g/mol. The SMILES string of the molecule is c1ccc(-c2ccccc2-c2c3c4ccc5c6cccc7cccc(c8ccc(c3c(-c3ccccc3-c3ccccc3)c3c9ccc%10c%11cccc%12cccc(c%13ccc(c23)c9c%13%10)c%12%11)c4c58)c76)cc1. The van der Waals surface area contributed by atoms with Gasteiger partial charge in [-0.3, -0.25) is 0 Å². The van der Waals surface area contributed by atoms with Gasteiger partial charge in [0.1, 0.15) is 0 Å². The lowest BCUT2D eigenvalue weighted by Crippen LogP contribution is -1.92. The first-order valence-electron chi connectivity index (χ1n) is 24.6. The van der Waals surface area contributed by atoms with Crippen LogP contribution in [0.3, 0.4) is 0 Å². The van der Waals surface area contributed by atoms with Gasteiger partial charge in [-0.1, -0.05) is 231 Å². The van der Waals surface area contributed by atoms with Crippen molar-refractivity contribution in [2.75, 3.05) is 0 Å². The Morgan fingerprint density at radius 3 is 0.729 bits per heavy atom. The summed E-state index contributed by atoms with van der Waals surface area (Å²) in [6, 6.07) is 87.6. The molecule has 0 aromatic heterocycles. The molecular formula is C70H38. The first kappa shape index (κ1) is 37.0. The van der Waals surface area contributed by atoms with Crippen LogP contribution in [0, 0.1) is 0 Å². The normalized spacial score (nSPS) is 12.6. The molecule has 70 heavy (non-hydrogen) atoms. The van der Waals surface area contributed by atoms with Crippen LogP contribution in [0.5, 0.6) is 0 Å². The fourth-order valence-electron chi connectivity index (χ4n) is 13.8. The molecule has 0 unspecified atom stereocenters. The van der Waals surface area contributed by atoms with Gasteiger partial charge < -0.3 is 0 Å². The minimum Gasteiger partial charge on any atom is -0.0622 e. The standard InChI is InChI=1S/C70H38/c1-3-15-39(16-4-1)43-23-7-9-25-45(43)65-67-55-35-31-51-47-27-11-19-41-21-13-29-49(59(41)47)53-33-37-57(63(55)61(51)53)69(67)66(46-26-10-8-24-44(46)40-17-5-2-6-18-40)70-58-38-34-54-50-30-14-22-42-20-12-28-48(60(42)50)52-32-36-56(68(65)70)64(58)62(52)54/h1-38H. The predicted octanol–water partition coefficient (Wildman–Crippen LogP) is 19.9. The summed E-state index contributed by atoms with van der Waals surface area (Å²) in [5.41, 5.74) is 10.0. The second-order valence-corrected chi connectivity index (χ2v) is 19.6. The maximum absolute atomic E-state index is 2.48. The molecule has 0 atom stereocenters. The average molecular weight is 879 g/mol. The number of benzene rings is 15. The molecule has 0 fully saturated rings. The van der Waals surface area contributed by atoms with Crippen molar-refractivity contribution in [2.45, 2.75) is 0 Å². The summed E-state index contributed by atoms with van der Waals surface area (Å²) in [4.78, 5) is 0. The van der Waals surface area contributed by atoms with E-state index in [9.17, 15) is 0 Å². The third-order valence-electron chi connectivity index (χ3n) is 16.4. The summed E-state index contributed by atoms with van der Waals surface area (Å²) < 4.78 is 0. The van der Waals surface area contributed by atoms with E-state index >= 15 is 0 Å². The highest BCUT2D eigenvalue weighted by molar-refractivity contribution is 6.51. The van der Waals surface area contributed by atoms with E-state index in [-0.39, 0.29) is 0 Å². The van der Waals surface area contributed by atoms with Crippen LogP contribution in [0.15, 0.2) is 231 Å². The predicted molar refractivity (Wildman–Crippen MR) is 303 cm³/mol. The van der Waals surface area contributed by atoms with E-state index in [0.29, 0.717) is 0 Å². The van der Waals surface area contributed by atoms with Crippen LogP contribution in [0.25, 0.3) is 174 Å². The molecule has 0 bridgehead atoms. The fraction of sp³-hybridized carbons (Fsp3) is 0. The molecule has 318 valence electrons. The summed E-state index contributed by atoms with van der Waals surface area (Å²) in [5, 5.41) is 31.7. The number of fused-ring (bicyclic) bond motifs is 10.